The highest BCUT2D eigenvalue weighted by Crippen LogP contribution is 2.35. The molecule has 0 unspecified atom stereocenters. The van der Waals surface area contributed by atoms with E-state index in [9.17, 15) is 19.5 Å². The maximum absolute atomic E-state index is 12.3. The Morgan fingerprint density at radius 1 is 1.09 bits per heavy atom. The first-order valence-electron chi connectivity index (χ1n) is 12.3. The summed E-state index contributed by atoms with van der Waals surface area (Å²) in [5.74, 6) is -0.639. The molecule has 4 rings (SSSR count). The Morgan fingerprint density at radius 3 is 2.69 bits per heavy atom. The Hall–Kier alpha value is -3.62. The molecule has 0 radical (unpaired) electrons. The molecular formula is C26H31N3O6. The van der Waals surface area contributed by atoms with Gasteiger partial charge in [-0.2, -0.15) is 5.10 Å². The molecule has 0 fully saturated rings. The number of aromatic carboxylic acids is 1. The first-order valence-corrected chi connectivity index (χ1v) is 12.3. The molecule has 3 heterocycles. The second-order valence-electron chi connectivity index (χ2n) is 8.75. The summed E-state index contributed by atoms with van der Waals surface area (Å²) in [6, 6.07) is 7.12. The van der Waals surface area contributed by atoms with Gasteiger partial charge in [0.1, 0.15) is 16.8 Å². The molecule has 9 nitrogen and oxygen atoms in total. The van der Waals surface area contributed by atoms with E-state index in [2.05, 4.69) is 0 Å². The second-order valence-corrected chi connectivity index (χ2v) is 8.75. The lowest BCUT2D eigenvalue weighted by Gasteiger charge is -2.21. The highest BCUT2D eigenvalue weighted by atomic mass is 16.5. The fourth-order valence-electron chi connectivity index (χ4n) is 4.37. The van der Waals surface area contributed by atoms with E-state index in [1.807, 2.05) is 29.8 Å². The Bertz CT molecular complexity index is 1280. The predicted octanol–water partition coefficient (Wildman–Crippen LogP) is 4.25. The molecule has 35 heavy (non-hydrogen) atoms. The SMILES string of the molecule is CCCOC(=O)CCCCCCCOc1cccc2c3n(nc12)CCn1cc(C(=O)O)c(=O)cc1-3. The smallest absolute Gasteiger partial charge is 0.341 e. The van der Waals surface area contributed by atoms with E-state index < -0.39 is 11.4 Å². The second kappa shape index (κ2) is 11.2. The molecule has 2 aromatic heterocycles. The van der Waals surface area contributed by atoms with Gasteiger partial charge >= 0.3 is 11.9 Å². The number of aryl methyl sites for hydroxylation is 2. The number of nitrogens with zero attached hydrogens (tertiary/aromatic N) is 3. The van der Waals surface area contributed by atoms with E-state index >= 15 is 0 Å². The summed E-state index contributed by atoms with van der Waals surface area (Å²) in [5.41, 5.74) is 1.44. The van der Waals surface area contributed by atoms with Gasteiger partial charge in [0.2, 0.25) is 0 Å². The minimum atomic E-state index is -1.22. The van der Waals surface area contributed by atoms with Gasteiger partial charge in [-0.05, 0) is 25.3 Å². The number of benzene rings is 1. The number of aromatic nitrogens is 3. The predicted molar refractivity (Wildman–Crippen MR) is 131 cm³/mol. The van der Waals surface area contributed by atoms with Gasteiger partial charge in [0, 0.05) is 30.6 Å². The number of hydrogen-bond acceptors (Lipinski definition) is 6. The number of unbranched alkanes of at least 4 members (excludes halogenated alkanes) is 4. The highest BCUT2D eigenvalue weighted by Gasteiger charge is 2.24. The number of hydrogen-bond donors (Lipinski definition) is 1. The number of carboxylic acids is 1. The summed E-state index contributed by atoms with van der Waals surface area (Å²) in [5, 5.41) is 14.9. The van der Waals surface area contributed by atoms with Crippen LogP contribution in [0.4, 0.5) is 0 Å². The Labute approximate surface area is 203 Å². The van der Waals surface area contributed by atoms with Gasteiger partial charge in [0.15, 0.2) is 5.43 Å². The van der Waals surface area contributed by atoms with E-state index in [1.165, 1.54) is 12.3 Å². The van der Waals surface area contributed by atoms with Gasteiger partial charge < -0.3 is 19.1 Å². The van der Waals surface area contributed by atoms with Crippen LogP contribution in [0.5, 0.6) is 5.75 Å². The molecule has 0 saturated carbocycles. The van der Waals surface area contributed by atoms with Crippen LogP contribution >= 0.6 is 0 Å². The lowest BCUT2D eigenvalue weighted by atomic mass is 10.1. The van der Waals surface area contributed by atoms with Gasteiger partial charge in [-0.1, -0.05) is 38.3 Å². The van der Waals surface area contributed by atoms with Crippen LogP contribution in [0.25, 0.3) is 22.3 Å². The number of pyridine rings is 1. The molecule has 186 valence electrons. The number of ether oxygens (including phenoxy) is 2. The molecule has 0 spiro atoms. The minimum absolute atomic E-state index is 0.110. The van der Waals surface area contributed by atoms with Crippen LogP contribution in [-0.2, 0) is 22.6 Å². The Balaban J connectivity index is 1.36. The number of carbonyl (C=O) groups is 2. The first kappa shape index (κ1) is 24.5. The molecule has 1 aliphatic heterocycles. The summed E-state index contributed by atoms with van der Waals surface area (Å²) in [6.07, 6.45) is 7.54. The van der Waals surface area contributed by atoms with Crippen LogP contribution in [-0.4, -0.2) is 44.6 Å². The number of carboxylic acid groups (broad SMARTS) is 1. The molecule has 0 atom stereocenters. The molecule has 0 saturated heterocycles. The van der Waals surface area contributed by atoms with Gasteiger partial charge in [-0.25, -0.2) is 4.79 Å². The summed E-state index contributed by atoms with van der Waals surface area (Å²) in [4.78, 5) is 35.2. The zero-order valence-corrected chi connectivity index (χ0v) is 20.0. The van der Waals surface area contributed by atoms with Crippen LogP contribution in [0, 0.1) is 0 Å². The number of esters is 1. The molecule has 1 N–H and O–H groups in total. The van der Waals surface area contributed by atoms with E-state index in [0.29, 0.717) is 44.2 Å². The first-order chi connectivity index (χ1) is 17.0. The standard InChI is InChI=1S/C26H31N3O6/c1-2-14-35-23(31)11-6-4-3-5-7-15-34-22-10-8-9-18-24(22)27-29-13-12-28-17-19(26(32)33)21(30)16-20(28)25(18)29/h8-10,16-17H,2-7,11-15H2,1H3,(H,32,33). The normalized spacial score (nSPS) is 12.3. The minimum Gasteiger partial charge on any atom is -0.491 e. The van der Waals surface area contributed by atoms with Crippen LogP contribution in [0.3, 0.4) is 0 Å². The van der Waals surface area contributed by atoms with Gasteiger partial charge in [0.25, 0.3) is 0 Å². The third-order valence-electron chi connectivity index (χ3n) is 6.14. The lowest BCUT2D eigenvalue weighted by Crippen LogP contribution is -2.24. The molecule has 1 aromatic carbocycles. The van der Waals surface area contributed by atoms with Crippen LogP contribution in [0.15, 0.2) is 35.3 Å². The summed E-state index contributed by atoms with van der Waals surface area (Å²) in [7, 11) is 0. The molecule has 0 bridgehead atoms. The zero-order chi connectivity index (χ0) is 24.8. The topological polar surface area (TPSA) is 113 Å². The average Bonchev–Trinajstić information content (AvgIpc) is 3.23. The van der Waals surface area contributed by atoms with Crippen molar-refractivity contribution in [1.29, 1.82) is 0 Å². The third kappa shape index (κ3) is 5.55. The maximum atomic E-state index is 12.3. The number of fused-ring (bicyclic) bond motifs is 5. The Morgan fingerprint density at radius 2 is 1.89 bits per heavy atom. The largest absolute Gasteiger partial charge is 0.491 e. The molecule has 1 aliphatic rings. The van der Waals surface area contributed by atoms with E-state index in [1.54, 1.807) is 4.57 Å². The quantitative estimate of drug-likeness (QED) is 0.304. The Kier molecular flexibility index (Phi) is 7.84. The van der Waals surface area contributed by atoms with Crippen molar-refractivity contribution in [1.82, 2.24) is 14.3 Å². The number of rotatable bonds is 12. The van der Waals surface area contributed by atoms with Crippen molar-refractivity contribution in [2.24, 2.45) is 0 Å². The van der Waals surface area contributed by atoms with Gasteiger partial charge in [0.05, 0.1) is 31.1 Å². The van der Waals surface area contributed by atoms with Gasteiger partial charge in [-0.3, -0.25) is 14.3 Å². The molecule has 0 amide bonds. The van der Waals surface area contributed by atoms with E-state index in [0.717, 1.165) is 55.1 Å². The van der Waals surface area contributed by atoms with Crippen LogP contribution < -0.4 is 10.2 Å². The molecule has 9 heteroatoms. The summed E-state index contributed by atoms with van der Waals surface area (Å²) < 4.78 is 14.8. The highest BCUT2D eigenvalue weighted by molar-refractivity contribution is 5.96. The van der Waals surface area contributed by atoms with Crippen molar-refractivity contribution in [3.8, 4) is 17.1 Å². The van der Waals surface area contributed by atoms with Crippen molar-refractivity contribution < 1.29 is 24.2 Å². The zero-order valence-electron chi connectivity index (χ0n) is 20.0. The van der Waals surface area contributed by atoms with Gasteiger partial charge in [-0.15, -0.1) is 0 Å². The maximum Gasteiger partial charge on any atom is 0.341 e. The molecule has 0 aliphatic carbocycles. The van der Waals surface area contributed by atoms with Crippen molar-refractivity contribution in [2.45, 2.75) is 65.0 Å². The van der Waals surface area contributed by atoms with Crippen molar-refractivity contribution >= 4 is 22.8 Å². The van der Waals surface area contributed by atoms with Crippen LogP contribution in [0.2, 0.25) is 0 Å². The van der Waals surface area contributed by atoms with Crippen molar-refractivity contribution in [3.05, 3.63) is 46.2 Å². The summed E-state index contributed by atoms with van der Waals surface area (Å²) in [6.45, 7) is 4.15. The average molecular weight is 482 g/mol. The monoisotopic (exact) mass is 481 g/mol. The van der Waals surface area contributed by atoms with Crippen LogP contribution in [0.1, 0.15) is 62.2 Å². The molecular weight excluding hydrogens is 450 g/mol. The third-order valence-corrected chi connectivity index (χ3v) is 6.14. The van der Waals surface area contributed by atoms with Crippen molar-refractivity contribution in [3.63, 3.8) is 0 Å². The number of carbonyl (C=O) groups excluding carboxylic acids is 1. The van der Waals surface area contributed by atoms with E-state index in [-0.39, 0.29) is 11.5 Å². The lowest BCUT2D eigenvalue weighted by molar-refractivity contribution is -0.143. The van der Waals surface area contributed by atoms with Crippen molar-refractivity contribution in [2.75, 3.05) is 13.2 Å². The van der Waals surface area contributed by atoms with E-state index in [4.69, 9.17) is 14.6 Å². The summed E-state index contributed by atoms with van der Waals surface area (Å²) >= 11 is 0. The fraction of sp³-hybridized carbons (Fsp3) is 0.462. The molecule has 3 aromatic rings. The fourth-order valence-corrected chi connectivity index (χ4v) is 4.37.